The first kappa shape index (κ1) is 16.4. The van der Waals surface area contributed by atoms with Gasteiger partial charge in [-0.3, -0.25) is 4.79 Å². The van der Waals surface area contributed by atoms with E-state index in [1.54, 1.807) is 0 Å². The van der Waals surface area contributed by atoms with Gasteiger partial charge in [0.2, 0.25) is 5.91 Å². The number of carbonyl (C=O) groups excluding carboxylic acids is 1. The predicted molar refractivity (Wildman–Crippen MR) is 80.2 cm³/mol. The minimum absolute atomic E-state index is 0.153. The average molecular weight is 269 g/mol. The lowest BCUT2D eigenvalue weighted by Gasteiger charge is -2.35. The van der Waals surface area contributed by atoms with Crippen molar-refractivity contribution >= 4 is 5.91 Å². The Kier molecular flexibility index (Phi) is 8.07. The van der Waals surface area contributed by atoms with Crippen molar-refractivity contribution < 1.29 is 4.79 Å². The smallest absolute Gasteiger partial charge is 0.221 e. The highest BCUT2D eigenvalue weighted by atomic mass is 16.1. The number of nitrogens with zero attached hydrogens (tertiary/aromatic N) is 1. The monoisotopic (exact) mass is 269 g/mol. The van der Waals surface area contributed by atoms with Crippen molar-refractivity contribution in [1.29, 1.82) is 0 Å². The summed E-state index contributed by atoms with van der Waals surface area (Å²) in [5.41, 5.74) is 0. The topological polar surface area (TPSA) is 44.4 Å². The molecule has 4 nitrogen and oxygen atoms in total. The fraction of sp³-hybridized carbons (Fsp3) is 0.933. The number of amides is 1. The maximum Gasteiger partial charge on any atom is 0.221 e. The van der Waals surface area contributed by atoms with Gasteiger partial charge < -0.3 is 15.5 Å². The number of nitrogens with one attached hydrogen (secondary N) is 2. The van der Waals surface area contributed by atoms with E-state index in [0.29, 0.717) is 12.5 Å². The van der Waals surface area contributed by atoms with Crippen molar-refractivity contribution in [1.82, 2.24) is 15.5 Å². The zero-order valence-electron chi connectivity index (χ0n) is 12.9. The van der Waals surface area contributed by atoms with Gasteiger partial charge in [0.15, 0.2) is 0 Å². The van der Waals surface area contributed by atoms with Crippen molar-refractivity contribution in [3.05, 3.63) is 0 Å². The molecule has 112 valence electrons. The van der Waals surface area contributed by atoms with E-state index in [-0.39, 0.29) is 5.91 Å². The van der Waals surface area contributed by atoms with Crippen LogP contribution in [0, 0.1) is 5.92 Å². The number of hydrogen-bond donors (Lipinski definition) is 2. The number of piperidine rings is 1. The third kappa shape index (κ3) is 6.39. The Morgan fingerprint density at radius 1 is 1.32 bits per heavy atom. The van der Waals surface area contributed by atoms with Gasteiger partial charge in [0.05, 0.1) is 0 Å². The molecule has 0 aromatic carbocycles. The largest absolute Gasteiger partial charge is 0.356 e. The van der Waals surface area contributed by atoms with Crippen molar-refractivity contribution in [3.63, 3.8) is 0 Å². The summed E-state index contributed by atoms with van der Waals surface area (Å²) in [5, 5.41) is 6.34. The second-order valence-electron chi connectivity index (χ2n) is 5.63. The second kappa shape index (κ2) is 9.32. The molecule has 1 aliphatic rings. The molecule has 1 amide bonds. The normalized spacial score (nSPS) is 19.3. The number of carbonyl (C=O) groups is 1. The summed E-state index contributed by atoms with van der Waals surface area (Å²) in [5.74, 6) is 0.919. The highest BCUT2D eigenvalue weighted by Crippen LogP contribution is 2.20. The van der Waals surface area contributed by atoms with Crippen LogP contribution in [0.5, 0.6) is 0 Å². The van der Waals surface area contributed by atoms with Crippen molar-refractivity contribution in [3.8, 4) is 0 Å². The first-order valence-electron chi connectivity index (χ1n) is 7.89. The molecule has 19 heavy (non-hydrogen) atoms. The van der Waals surface area contributed by atoms with Gasteiger partial charge in [-0.05, 0) is 58.7 Å². The Morgan fingerprint density at radius 3 is 2.58 bits per heavy atom. The third-order valence-corrected chi connectivity index (χ3v) is 4.07. The third-order valence-electron chi connectivity index (χ3n) is 4.07. The first-order chi connectivity index (χ1) is 9.17. The lowest BCUT2D eigenvalue weighted by Crippen LogP contribution is -2.43. The Labute approximate surface area is 118 Å². The summed E-state index contributed by atoms with van der Waals surface area (Å²) < 4.78 is 0. The standard InChI is InChI=1S/C15H31N3O/c1-4-10-18-11-7-14(8-12-18)13(3)17-9-6-15(19)16-5-2/h13-14,17H,4-12H2,1-3H3,(H,16,19). The highest BCUT2D eigenvalue weighted by molar-refractivity contribution is 5.75. The van der Waals surface area contributed by atoms with Crippen molar-refractivity contribution in [2.24, 2.45) is 5.92 Å². The first-order valence-corrected chi connectivity index (χ1v) is 7.89. The highest BCUT2D eigenvalue weighted by Gasteiger charge is 2.22. The maximum absolute atomic E-state index is 11.4. The van der Waals surface area contributed by atoms with Crippen LogP contribution in [-0.2, 0) is 4.79 Å². The second-order valence-corrected chi connectivity index (χ2v) is 5.63. The molecule has 0 aromatic heterocycles. The van der Waals surface area contributed by atoms with Crippen LogP contribution in [0.1, 0.15) is 46.5 Å². The minimum atomic E-state index is 0.153. The van der Waals surface area contributed by atoms with Gasteiger partial charge >= 0.3 is 0 Å². The Morgan fingerprint density at radius 2 is 2.00 bits per heavy atom. The average Bonchev–Trinajstić information content (AvgIpc) is 2.40. The van der Waals surface area contributed by atoms with E-state index in [1.807, 2.05) is 6.92 Å². The van der Waals surface area contributed by atoms with Gasteiger partial charge in [-0.25, -0.2) is 0 Å². The summed E-state index contributed by atoms with van der Waals surface area (Å²) in [6.07, 6.45) is 4.42. The van der Waals surface area contributed by atoms with E-state index >= 15 is 0 Å². The minimum Gasteiger partial charge on any atom is -0.356 e. The molecule has 0 saturated carbocycles. The molecule has 1 unspecified atom stereocenters. The molecule has 1 rings (SSSR count). The zero-order chi connectivity index (χ0) is 14.1. The van der Waals surface area contributed by atoms with Crippen LogP contribution in [0.25, 0.3) is 0 Å². The molecular formula is C15H31N3O. The quantitative estimate of drug-likeness (QED) is 0.704. The number of hydrogen-bond acceptors (Lipinski definition) is 3. The van der Waals surface area contributed by atoms with Gasteiger partial charge in [-0.15, -0.1) is 0 Å². The molecule has 0 bridgehead atoms. The van der Waals surface area contributed by atoms with E-state index in [1.165, 1.54) is 38.9 Å². The molecule has 1 aliphatic heterocycles. The molecule has 1 atom stereocenters. The Hall–Kier alpha value is -0.610. The Balaban J connectivity index is 2.13. The van der Waals surface area contributed by atoms with E-state index < -0.39 is 0 Å². The lowest BCUT2D eigenvalue weighted by atomic mass is 9.90. The lowest BCUT2D eigenvalue weighted by molar-refractivity contribution is -0.120. The van der Waals surface area contributed by atoms with Crippen LogP contribution in [-0.4, -0.2) is 49.6 Å². The van der Waals surface area contributed by atoms with E-state index in [2.05, 4.69) is 29.4 Å². The summed E-state index contributed by atoms with van der Waals surface area (Å²) >= 11 is 0. The van der Waals surface area contributed by atoms with Crippen LogP contribution in [0.3, 0.4) is 0 Å². The molecule has 0 radical (unpaired) electrons. The van der Waals surface area contributed by atoms with E-state index in [9.17, 15) is 4.79 Å². The molecule has 1 heterocycles. The van der Waals surface area contributed by atoms with Gasteiger partial charge in [0, 0.05) is 25.6 Å². The fourth-order valence-electron chi connectivity index (χ4n) is 2.86. The fourth-order valence-corrected chi connectivity index (χ4v) is 2.86. The van der Waals surface area contributed by atoms with Crippen LogP contribution in [0.15, 0.2) is 0 Å². The molecular weight excluding hydrogens is 238 g/mol. The van der Waals surface area contributed by atoms with Crippen molar-refractivity contribution in [2.75, 3.05) is 32.7 Å². The van der Waals surface area contributed by atoms with Gasteiger partial charge in [0.25, 0.3) is 0 Å². The molecule has 1 fully saturated rings. The molecule has 1 saturated heterocycles. The van der Waals surface area contributed by atoms with Gasteiger partial charge in [0.1, 0.15) is 0 Å². The van der Waals surface area contributed by atoms with Crippen LogP contribution < -0.4 is 10.6 Å². The van der Waals surface area contributed by atoms with Crippen LogP contribution in [0.4, 0.5) is 0 Å². The SMILES string of the molecule is CCCN1CCC(C(C)NCCC(=O)NCC)CC1. The van der Waals surface area contributed by atoms with E-state index in [0.717, 1.165) is 19.0 Å². The van der Waals surface area contributed by atoms with Crippen molar-refractivity contribution in [2.45, 2.75) is 52.5 Å². The zero-order valence-corrected chi connectivity index (χ0v) is 12.9. The maximum atomic E-state index is 11.4. The number of rotatable bonds is 8. The summed E-state index contributed by atoms with van der Waals surface area (Å²) in [6.45, 7) is 11.7. The van der Waals surface area contributed by atoms with Crippen LogP contribution >= 0.6 is 0 Å². The molecule has 0 aliphatic carbocycles. The molecule has 4 heteroatoms. The Bertz CT molecular complexity index is 250. The summed E-state index contributed by atoms with van der Waals surface area (Å²) in [6, 6.07) is 0.526. The van der Waals surface area contributed by atoms with E-state index in [4.69, 9.17) is 0 Å². The molecule has 0 aromatic rings. The van der Waals surface area contributed by atoms with Crippen LogP contribution in [0.2, 0.25) is 0 Å². The predicted octanol–water partition coefficient (Wildman–Crippen LogP) is 1.61. The molecule has 2 N–H and O–H groups in total. The summed E-state index contributed by atoms with van der Waals surface area (Å²) in [4.78, 5) is 13.9. The van der Waals surface area contributed by atoms with Gasteiger partial charge in [-0.2, -0.15) is 0 Å². The summed E-state index contributed by atoms with van der Waals surface area (Å²) in [7, 11) is 0. The number of likely N-dealkylation sites (tertiary alicyclic amines) is 1. The van der Waals surface area contributed by atoms with Gasteiger partial charge in [-0.1, -0.05) is 6.92 Å². The molecule has 0 spiro atoms.